The van der Waals surface area contributed by atoms with Crippen molar-refractivity contribution in [3.63, 3.8) is 0 Å². The number of hydrogen-bond donors (Lipinski definition) is 0. The molecular weight excluding hydrogens is 248 g/mol. The Balaban J connectivity index is 1.74. The van der Waals surface area contributed by atoms with Gasteiger partial charge in [0.05, 0.1) is 11.2 Å². The molecule has 5 heteroatoms. The lowest BCUT2D eigenvalue weighted by molar-refractivity contribution is -0.113. The quantitative estimate of drug-likeness (QED) is 0.730. The molecule has 0 N–H and O–H groups in total. The van der Waals surface area contributed by atoms with Gasteiger partial charge in [0.2, 0.25) is 0 Å². The van der Waals surface area contributed by atoms with Crippen molar-refractivity contribution >= 4 is 28.9 Å². The minimum Gasteiger partial charge on any atom is -0.465 e. The lowest BCUT2D eigenvalue weighted by atomic mass is 10.1. The first-order valence-electron chi connectivity index (χ1n) is 6.14. The Labute approximate surface area is 110 Å². The van der Waals surface area contributed by atoms with E-state index >= 15 is 0 Å². The molecule has 0 unspecified atom stereocenters. The number of aliphatic imine (C=N–C) groups is 1. The number of likely N-dealkylation sites (tertiary alicyclic amines) is 1. The van der Waals surface area contributed by atoms with Crippen molar-refractivity contribution in [3.8, 4) is 0 Å². The average molecular weight is 262 g/mol. The first-order valence-corrected chi connectivity index (χ1v) is 6.95. The van der Waals surface area contributed by atoms with Gasteiger partial charge in [-0.3, -0.25) is 4.79 Å². The molecule has 0 bridgehead atoms. The van der Waals surface area contributed by atoms with Gasteiger partial charge < -0.3 is 9.32 Å². The standard InChI is InChI=1S/C13H14N2O2S/c16-12-11(9-10-5-4-8-17-10)18-13(14-12)15-6-2-1-3-7-15/h4-5,8-9H,1-3,6-7H2/b11-9+. The van der Waals surface area contributed by atoms with E-state index in [1.165, 1.54) is 31.0 Å². The van der Waals surface area contributed by atoms with E-state index in [0.29, 0.717) is 10.7 Å². The molecule has 1 fully saturated rings. The molecule has 1 aromatic rings. The first kappa shape index (κ1) is 11.6. The SMILES string of the molecule is O=C1N=C(N2CCCCC2)S/C1=C/c1ccco1. The molecule has 3 rings (SSSR count). The van der Waals surface area contributed by atoms with Crippen LogP contribution in [-0.4, -0.2) is 29.1 Å². The van der Waals surface area contributed by atoms with E-state index < -0.39 is 0 Å². The van der Waals surface area contributed by atoms with Gasteiger partial charge in [-0.2, -0.15) is 4.99 Å². The van der Waals surface area contributed by atoms with E-state index in [1.807, 2.05) is 12.1 Å². The molecule has 0 saturated carbocycles. The summed E-state index contributed by atoms with van der Waals surface area (Å²) in [7, 11) is 0. The van der Waals surface area contributed by atoms with Crippen LogP contribution in [0.25, 0.3) is 6.08 Å². The van der Waals surface area contributed by atoms with Crippen molar-refractivity contribution in [1.82, 2.24) is 4.90 Å². The summed E-state index contributed by atoms with van der Waals surface area (Å²) in [6, 6.07) is 3.64. The van der Waals surface area contributed by atoms with Crippen LogP contribution in [0.2, 0.25) is 0 Å². The molecule has 2 aliphatic rings. The zero-order chi connectivity index (χ0) is 12.4. The lowest BCUT2D eigenvalue weighted by Crippen LogP contribution is -2.33. The molecule has 18 heavy (non-hydrogen) atoms. The van der Waals surface area contributed by atoms with Crippen molar-refractivity contribution in [1.29, 1.82) is 0 Å². The Morgan fingerprint density at radius 1 is 1.33 bits per heavy atom. The fraction of sp³-hybridized carbons (Fsp3) is 0.385. The van der Waals surface area contributed by atoms with Crippen LogP contribution in [0.1, 0.15) is 25.0 Å². The molecule has 1 saturated heterocycles. The van der Waals surface area contributed by atoms with Crippen molar-refractivity contribution in [2.75, 3.05) is 13.1 Å². The summed E-state index contributed by atoms with van der Waals surface area (Å²) < 4.78 is 5.22. The molecule has 3 heterocycles. The topological polar surface area (TPSA) is 45.8 Å². The van der Waals surface area contributed by atoms with E-state index in [2.05, 4.69) is 9.89 Å². The maximum absolute atomic E-state index is 11.8. The average Bonchev–Trinajstić information content (AvgIpc) is 3.02. The van der Waals surface area contributed by atoms with Gasteiger partial charge in [-0.25, -0.2) is 0 Å². The van der Waals surface area contributed by atoms with Gasteiger partial charge in [0, 0.05) is 19.2 Å². The molecule has 1 amide bonds. The van der Waals surface area contributed by atoms with E-state index in [9.17, 15) is 4.79 Å². The highest BCUT2D eigenvalue weighted by molar-refractivity contribution is 8.18. The van der Waals surface area contributed by atoms with E-state index in [-0.39, 0.29) is 5.91 Å². The normalized spacial score (nSPS) is 22.7. The summed E-state index contributed by atoms with van der Waals surface area (Å²) in [4.78, 5) is 18.8. The van der Waals surface area contributed by atoms with Crippen LogP contribution in [0.15, 0.2) is 32.7 Å². The maximum atomic E-state index is 11.8. The Morgan fingerprint density at radius 3 is 2.89 bits per heavy atom. The van der Waals surface area contributed by atoms with Crippen LogP contribution in [0, 0.1) is 0 Å². The number of furan rings is 1. The zero-order valence-electron chi connectivity index (χ0n) is 9.96. The number of amides is 1. The Hall–Kier alpha value is -1.49. The second-order valence-corrected chi connectivity index (χ2v) is 5.38. The van der Waals surface area contributed by atoms with Crippen molar-refractivity contribution in [2.45, 2.75) is 19.3 Å². The number of piperidine rings is 1. The van der Waals surface area contributed by atoms with Gasteiger partial charge in [-0.15, -0.1) is 0 Å². The van der Waals surface area contributed by atoms with Gasteiger partial charge in [0.25, 0.3) is 5.91 Å². The molecule has 4 nitrogen and oxygen atoms in total. The van der Waals surface area contributed by atoms with Crippen LogP contribution in [0.5, 0.6) is 0 Å². The summed E-state index contributed by atoms with van der Waals surface area (Å²) in [5, 5.41) is 0.845. The number of thioether (sulfide) groups is 1. The van der Waals surface area contributed by atoms with E-state index in [1.54, 1.807) is 12.3 Å². The third kappa shape index (κ3) is 2.36. The van der Waals surface area contributed by atoms with Gasteiger partial charge in [-0.05, 0) is 43.2 Å². The van der Waals surface area contributed by atoms with Crippen LogP contribution < -0.4 is 0 Å². The molecular formula is C13H14N2O2S. The third-order valence-electron chi connectivity index (χ3n) is 3.05. The summed E-state index contributed by atoms with van der Waals surface area (Å²) in [6.07, 6.45) is 7.00. The van der Waals surface area contributed by atoms with Crippen LogP contribution in [0.3, 0.4) is 0 Å². The predicted molar refractivity (Wildman–Crippen MR) is 72.1 cm³/mol. The number of rotatable bonds is 1. The zero-order valence-corrected chi connectivity index (χ0v) is 10.8. The van der Waals surface area contributed by atoms with Crippen molar-refractivity contribution in [3.05, 3.63) is 29.1 Å². The first-order chi connectivity index (χ1) is 8.83. The molecule has 1 aromatic heterocycles. The minimum atomic E-state index is -0.156. The highest BCUT2D eigenvalue weighted by Crippen LogP contribution is 2.31. The minimum absolute atomic E-state index is 0.156. The number of amidine groups is 1. The molecule has 2 aliphatic heterocycles. The smallest absolute Gasteiger partial charge is 0.286 e. The molecule has 94 valence electrons. The van der Waals surface area contributed by atoms with E-state index in [0.717, 1.165) is 18.3 Å². The third-order valence-corrected chi connectivity index (χ3v) is 4.10. The second-order valence-electron chi connectivity index (χ2n) is 4.37. The molecule has 0 spiro atoms. The van der Waals surface area contributed by atoms with E-state index in [4.69, 9.17) is 4.42 Å². The van der Waals surface area contributed by atoms with Gasteiger partial charge in [0.15, 0.2) is 5.17 Å². The van der Waals surface area contributed by atoms with Gasteiger partial charge in [-0.1, -0.05) is 0 Å². The monoisotopic (exact) mass is 262 g/mol. The fourth-order valence-electron chi connectivity index (χ4n) is 2.12. The predicted octanol–water partition coefficient (Wildman–Crippen LogP) is 2.74. The van der Waals surface area contributed by atoms with Crippen molar-refractivity contribution in [2.24, 2.45) is 4.99 Å². The number of hydrogen-bond acceptors (Lipinski definition) is 4. The largest absolute Gasteiger partial charge is 0.465 e. The Morgan fingerprint density at radius 2 is 2.17 bits per heavy atom. The fourth-order valence-corrected chi connectivity index (χ4v) is 3.07. The van der Waals surface area contributed by atoms with Crippen molar-refractivity contribution < 1.29 is 9.21 Å². The van der Waals surface area contributed by atoms with Crippen LogP contribution in [-0.2, 0) is 4.79 Å². The maximum Gasteiger partial charge on any atom is 0.286 e. The van der Waals surface area contributed by atoms with Crippen LogP contribution >= 0.6 is 11.8 Å². The van der Waals surface area contributed by atoms with Gasteiger partial charge >= 0.3 is 0 Å². The molecule has 0 atom stereocenters. The Bertz CT molecular complexity index is 499. The molecule has 0 aliphatic carbocycles. The molecule has 0 aromatic carbocycles. The summed E-state index contributed by atoms with van der Waals surface area (Å²) >= 11 is 1.45. The summed E-state index contributed by atoms with van der Waals surface area (Å²) in [5.41, 5.74) is 0. The number of carbonyl (C=O) groups is 1. The summed E-state index contributed by atoms with van der Waals surface area (Å²) in [6.45, 7) is 2.01. The highest BCUT2D eigenvalue weighted by Gasteiger charge is 2.27. The Kier molecular flexibility index (Phi) is 3.23. The highest BCUT2D eigenvalue weighted by atomic mass is 32.2. The summed E-state index contributed by atoms with van der Waals surface area (Å²) in [5.74, 6) is 0.540. The lowest BCUT2D eigenvalue weighted by Gasteiger charge is -2.27. The van der Waals surface area contributed by atoms with Crippen LogP contribution in [0.4, 0.5) is 0 Å². The second kappa shape index (κ2) is 5.02. The van der Waals surface area contributed by atoms with Gasteiger partial charge in [0.1, 0.15) is 5.76 Å². The number of nitrogens with zero attached hydrogens (tertiary/aromatic N) is 2. The number of carbonyl (C=O) groups excluding carboxylic acids is 1. The molecule has 0 radical (unpaired) electrons.